The van der Waals surface area contributed by atoms with E-state index in [-0.39, 0.29) is 5.91 Å². The molecule has 4 aromatic rings. The summed E-state index contributed by atoms with van der Waals surface area (Å²) in [6.07, 6.45) is 4.32. The minimum atomic E-state index is -0.0461. The van der Waals surface area contributed by atoms with E-state index in [1.165, 1.54) is 5.56 Å². The Bertz CT molecular complexity index is 1360. The molecule has 0 bridgehead atoms. The van der Waals surface area contributed by atoms with E-state index in [1.54, 1.807) is 16.8 Å². The first-order valence-corrected chi connectivity index (χ1v) is 12.7. The van der Waals surface area contributed by atoms with Crippen molar-refractivity contribution in [2.45, 2.75) is 0 Å². The highest BCUT2D eigenvalue weighted by molar-refractivity contribution is 6.42. The number of nitrogens with zero attached hydrogens (tertiary/aromatic N) is 4. The van der Waals surface area contributed by atoms with Crippen molar-refractivity contribution in [2.75, 3.05) is 32.7 Å². The summed E-state index contributed by atoms with van der Waals surface area (Å²) in [5, 5.41) is 5.65. The lowest BCUT2D eigenvalue weighted by atomic mass is 10.1. The van der Waals surface area contributed by atoms with Gasteiger partial charge in [-0.25, -0.2) is 4.68 Å². The van der Waals surface area contributed by atoms with Gasteiger partial charge in [-0.15, -0.1) is 0 Å². The van der Waals surface area contributed by atoms with Crippen molar-refractivity contribution in [3.8, 4) is 16.9 Å². The summed E-state index contributed by atoms with van der Waals surface area (Å²) in [5.41, 5.74) is 4.07. The van der Waals surface area contributed by atoms with E-state index < -0.39 is 0 Å². The van der Waals surface area contributed by atoms with Crippen molar-refractivity contribution in [1.82, 2.24) is 19.6 Å². The first-order valence-electron chi connectivity index (χ1n) is 11.9. The van der Waals surface area contributed by atoms with Crippen LogP contribution in [0, 0.1) is 0 Å². The molecule has 1 fully saturated rings. The van der Waals surface area contributed by atoms with E-state index in [0.29, 0.717) is 34.5 Å². The van der Waals surface area contributed by atoms with E-state index in [2.05, 4.69) is 29.2 Å². The van der Waals surface area contributed by atoms with Crippen molar-refractivity contribution in [2.24, 2.45) is 0 Å². The van der Waals surface area contributed by atoms with Gasteiger partial charge in [0, 0.05) is 38.3 Å². The van der Waals surface area contributed by atoms with E-state index in [0.717, 1.165) is 30.9 Å². The van der Waals surface area contributed by atoms with Crippen LogP contribution >= 0.6 is 23.2 Å². The van der Waals surface area contributed by atoms with Crippen molar-refractivity contribution in [3.63, 3.8) is 0 Å². The highest BCUT2D eigenvalue weighted by Crippen LogP contribution is 2.27. The lowest BCUT2D eigenvalue weighted by Crippen LogP contribution is -2.49. The van der Waals surface area contributed by atoms with E-state index in [1.807, 2.05) is 65.6 Å². The molecule has 5 nitrogen and oxygen atoms in total. The number of hydrogen-bond acceptors (Lipinski definition) is 3. The molecule has 7 heteroatoms. The predicted molar refractivity (Wildman–Crippen MR) is 147 cm³/mol. The molecule has 0 unspecified atom stereocenters. The Hall–Kier alpha value is -3.38. The van der Waals surface area contributed by atoms with Crippen LogP contribution in [0.15, 0.2) is 91.0 Å². The summed E-state index contributed by atoms with van der Waals surface area (Å²) in [6, 6.07) is 27.3. The molecule has 0 N–H and O–H groups in total. The molecule has 1 aromatic heterocycles. The summed E-state index contributed by atoms with van der Waals surface area (Å²) < 4.78 is 1.67. The van der Waals surface area contributed by atoms with Gasteiger partial charge >= 0.3 is 0 Å². The smallest absolute Gasteiger partial charge is 0.272 e. The highest BCUT2D eigenvalue weighted by Gasteiger charge is 2.26. The zero-order chi connectivity index (χ0) is 24.9. The van der Waals surface area contributed by atoms with Gasteiger partial charge in [0.15, 0.2) is 0 Å². The largest absolute Gasteiger partial charge is 0.335 e. The molecule has 0 radical (unpaired) electrons. The number of amides is 1. The number of halogens is 2. The average molecular weight is 517 g/mol. The van der Waals surface area contributed by atoms with Gasteiger partial charge in [0.2, 0.25) is 0 Å². The Morgan fingerprint density at radius 2 is 1.53 bits per heavy atom. The van der Waals surface area contributed by atoms with Gasteiger partial charge in [-0.2, -0.15) is 5.10 Å². The van der Waals surface area contributed by atoms with Gasteiger partial charge < -0.3 is 4.90 Å². The fourth-order valence-electron chi connectivity index (χ4n) is 4.29. The van der Waals surface area contributed by atoms with Gasteiger partial charge in [-0.1, -0.05) is 96.0 Å². The molecule has 36 heavy (non-hydrogen) atoms. The van der Waals surface area contributed by atoms with Crippen LogP contribution in [0.5, 0.6) is 0 Å². The first kappa shape index (κ1) is 24.3. The van der Waals surface area contributed by atoms with Crippen LogP contribution in [0.1, 0.15) is 16.1 Å². The first-order chi connectivity index (χ1) is 17.6. The number of benzene rings is 3. The lowest BCUT2D eigenvalue weighted by Gasteiger charge is -2.34. The minimum Gasteiger partial charge on any atom is -0.335 e. The van der Waals surface area contributed by atoms with E-state index in [9.17, 15) is 4.79 Å². The molecule has 1 saturated heterocycles. The van der Waals surface area contributed by atoms with Crippen LogP contribution < -0.4 is 0 Å². The zero-order valence-electron chi connectivity index (χ0n) is 19.7. The normalized spacial score (nSPS) is 14.4. The van der Waals surface area contributed by atoms with Crippen LogP contribution in [0.4, 0.5) is 0 Å². The van der Waals surface area contributed by atoms with E-state index >= 15 is 0 Å². The summed E-state index contributed by atoms with van der Waals surface area (Å²) >= 11 is 12.4. The standard InChI is InChI=1S/C29H26Cl2N4O/c30-25-14-13-24(20-26(25)31)35-28(21-27(32-35)23-11-5-2-6-12-23)29(36)34-18-16-33(17-19-34)15-7-10-22-8-3-1-4-9-22/h1-14,20-21H,15-19H2/b10-7+. The van der Waals surface area contributed by atoms with Crippen LogP contribution in [-0.2, 0) is 0 Å². The van der Waals surface area contributed by atoms with Crippen molar-refractivity contribution in [1.29, 1.82) is 0 Å². The number of carbonyl (C=O) groups excluding carboxylic acids is 1. The van der Waals surface area contributed by atoms with Crippen molar-refractivity contribution in [3.05, 3.63) is 112 Å². The molecule has 0 saturated carbocycles. The van der Waals surface area contributed by atoms with Crippen LogP contribution in [-0.4, -0.2) is 58.2 Å². The molecular weight excluding hydrogens is 491 g/mol. The quantitative estimate of drug-likeness (QED) is 0.301. The van der Waals surface area contributed by atoms with Crippen molar-refractivity contribution < 1.29 is 4.79 Å². The fourth-order valence-corrected chi connectivity index (χ4v) is 4.59. The summed E-state index contributed by atoms with van der Waals surface area (Å²) in [4.78, 5) is 17.9. The Kier molecular flexibility index (Phi) is 7.52. The molecular formula is C29H26Cl2N4O. The van der Waals surface area contributed by atoms with Gasteiger partial charge in [-0.05, 0) is 29.8 Å². The third kappa shape index (κ3) is 5.54. The molecule has 1 aliphatic rings. The Morgan fingerprint density at radius 3 is 2.22 bits per heavy atom. The number of carbonyl (C=O) groups is 1. The molecule has 0 atom stereocenters. The number of aromatic nitrogens is 2. The number of hydrogen-bond donors (Lipinski definition) is 0. The average Bonchev–Trinajstić information content (AvgIpc) is 3.37. The van der Waals surface area contributed by atoms with Crippen LogP contribution in [0.2, 0.25) is 10.0 Å². The second-order valence-corrected chi connectivity index (χ2v) is 9.51. The Balaban J connectivity index is 1.33. The predicted octanol–water partition coefficient (Wildman–Crippen LogP) is 6.32. The topological polar surface area (TPSA) is 41.4 Å². The maximum atomic E-state index is 13.7. The molecule has 1 amide bonds. The maximum absolute atomic E-state index is 13.7. The molecule has 182 valence electrons. The molecule has 1 aliphatic heterocycles. The molecule has 0 aliphatic carbocycles. The van der Waals surface area contributed by atoms with Gasteiger partial charge in [0.1, 0.15) is 5.69 Å². The third-order valence-electron chi connectivity index (χ3n) is 6.28. The van der Waals surface area contributed by atoms with Crippen molar-refractivity contribution >= 4 is 35.2 Å². The SMILES string of the molecule is O=C(c1cc(-c2ccccc2)nn1-c1ccc(Cl)c(Cl)c1)N1CCN(C/C=C/c2ccccc2)CC1. The second kappa shape index (κ2) is 11.1. The van der Waals surface area contributed by atoms with Gasteiger partial charge in [-0.3, -0.25) is 9.69 Å². The fraction of sp³-hybridized carbons (Fsp3) is 0.172. The van der Waals surface area contributed by atoms with Gasteiger partial charge in [0.25, 0.3) is 5.91 Å². The summed E-state index contributed by atoms with van der Waals surface area (Å²) in [7, 11) is 0. The Morgan fingerprint density at radius 1 is 0.833 bits per heavy atom. The van der Waals surface area contributed by atoms with Crippen LogP contribution in [0.25, 0.3) is 23.0 Å². The molecule has 5 rings (SSSR count). The second-order valence-electron chi connectivity index (χ2n) is 8.70. The summed E-state index contributed by atoms with van der Waals surface area (Å²) in [6.45, 7) is 3.81. The summed E-state index contributed by atoms with van der Waals surface area (Å²) in [5.74, 6) is -0.0461. The molecule has 2 heterocycles. The Labute approximate surface area is 221 Å². The lowest BCUT2D eigenvalue weighted by molar-refractivity contribution is 0.0641. The third-order valence-corrected chi connectivity index (χ3v) is 7.02. The molecule has 3 aromatic carbocycles. The minimum absolute atomic E-state index is 0.0461. The number of piperazine rings is 1. The van der Waals surface area contributed by atoms with Crippen LogP contribution in [0.3, 0.4) is 0 Å². The van der Waals surface area contributed by atoms with E-state index in [4.69, 9.17) is 28.3 Å². The van der Waals surface area contributed by atoms with Gasteiger partial charge in [0.05, 0.1) is 21.4 Å². The maximum Gasteiger partial charge on any atom is 0.272 e. The monoisotopic (exact) mass is 516 g/mol. The highest BCUT2D eigenvalue weighted by atomic mass is 35.5. The zero-order valence-corrected chi connectivity index (χ0v) is 21.2. The molecule has 0 spiro atoms. The number of rotatable bonds is 6.